The quantitative estimate of drug-likeness (QED) is 0.674. The molecule has 0 spiro atoms. The summed E-state index contributed by atoms with van der Waals surface area (Å²) in [6.07, 6.45) is -0.198. The Morgan fingerprint density at radius 2 is 1.69 bits per heavy atom. The van der Waals surface area contributed by atoms with Crippen molar-refractivity contribution < 1.29 is 8.78 Å². The molecule has 0 N–H and O–H groups in total. The highest BCUT2D eigenvalue weighted by Gasteiger charge is 2.06. The molecule has 0 heterocycles. The minimum absolute atomic E-state index is 0.181. The summed E-state index contributed by atoms with van der Waals surface area (Å²) in [4.78, 5) is 0. The summed E-state index contributed by atoms with van der Waals surface area (Å²) < 4.78 is 24.5. The van der Waals surface area contributed by atoms with Crippen molar-refractivity contribution in [3.05, 3.63) is 35.4 Å². The van der Waals surface area contributed by atoms with Crippen LogP contribution in [0.4, 0.5) is 8.78 Å². The molecule has 0 bridgehead atoms. The number of hydrogen-bond acceptors (Lipinski definition) is 0. The number of alkyl halides is 2. The van der Waals surface area contributed by atoms with Gasteiger partial charge in [-0.25, -0.2) is 8.78 Å². The van der Waals surface area contributed by atoms with Crippen molar-refractivity contribution in [2.45, 2.75) is 25.9 Å². The van der Waals surface area contributed by atoms with Crippen LogP contribution >= 0.6 is 0 Å². The Hall–Kier alpha value is -0.920. The summed E-state index contributed by atoms with van der Waals surface area (Å²) >= 11 is 0. The highest BCUT2D eigenvalue weighted by Crippen LogP contribution is 2.09. The fourth-order valence-corrected chi connectivity index (χ4v) is 1.22. The maximum Gasteiger partial charge on any atom is 0.132 e. The standard InChI is InChI=1S/C11H14F2/c1-2-9-3-5-10(6-4-9)7-11(13)8-12/h3-6,11H,2,7-8H2,1H3. The fraction of sp³-hybridized carbons (Fsp3) is 0.455. The topological polar surface area (TPSA) is 0 Å². The molecule has 0 saturated heterocycles. The molecule has 0 aliphatic rings. The normalized spacial score (nSPS) is 12.8. The van der Waals surface area contributed by atoms with E-state index in [1.165, 1.54) is 5.56 Å². The molecule has 1 rings (SSSR count). The second-order valence-electron chi connectivity index (χ2n) is 3.13. The second kappa shape index (κ2) is 4.95. The van der Waals surface area contributed by atoms with Gasteiger partial charge in [0.2, 0.25) is 0 Å². The van der Waals surface area contributed by atoms with E-state index in [2.05, 4.69) is 6.92 Å². The Labute approximate surface area is 77.6 Å². The third kappa shape index (κ3) is 3.13. The smallest absolute Gasteiger partial charge is 0.132 e. The predicted octanol–water partition coefficient (Wildman–Crippen LogP) is 3.10. The van der Waals surface area contributed by atoms with Crippen LogP contribution in [-0.2, 0) is 12.8 Å². The number of aryl methyl sites for hydroxylation is 1. The van der Waals surface area contributed by atoms with Gasteiger partial charge in [-0.2, -0.15) is 0 Å². The highest BCUT2D eigenvalue weighted by molar-refractivity contribution is 5.22. The van der Waals surface area contributed by atoms with Crippen molar-refractivity contribution in [1.82, 2.24) is 0 Å². The van der Waals surface area contributed by atoms with E-state index < -0.39 is 12.8 Å². The third-order valence-electron chi connectivity index (χ3n) is 2.06. The van der Waals surface area contributed by atoms with Gasteiger partial charge in [-0.3, -0.25) is 0 Å². The molecule has 1 aromatic rings. The number of halogens is 2. The molecule has 1 atom stereocenters. The van der Waals surface area contributed by atoms with E-state index >= 15 is 0 Å². The van der Waals surface area contributed by atoms with E-state index in [0.29, 0.717) is 0 Å². The van der Waals surface area contributed by atoms with Crippen LogP contribution in [0.15, 0.2) is 24.3 Å². The molecule has 0 aliphatic heterocycles. The molecule has 1 aromatic carbocycles. The monoisotopic (exact) mass is 184 g/mol. The van der Waals surface area contributed by atoms with E-state index in [9.17, 15) is 8.78 Å². The molecule has 0 aliphatic carbocycles. The van der Waals surface area contributed by atoms with Gasteiger partial charge >= 0.3 is 0 Å². The lowest BCUT2D eigenvalue weighted by molar-refractivity contribution is 0.260. The number of hydrogen-bond donors (Lipinski definition) is 0. The van der Waals surface area contributed by atoms with E-state index in [-0.39, 0.29) is 6.42 Å². The molecule has 0 aromatic heterocycles. The van der Waals surface area contributed by atoms with Crippen LogP contribution < -0.4 is 0 Å². The van der Waals surface area contributed by atoms with Gasteiger partial charge in [0.15, 0.2) is 0 Å². The van der Waals surface area contributed by atoms with Gasteiger partial charge in [0, 0.05) is 6.42 Å². The van der Waals surface area contributed by atoms with Gasteiger partial charge in [-0.15, -0.1) is 0 Å². The van der Waals surface area contributed by atoms with Crippen molar-refractivity contribution in [2.75, 3.05) is 6.67 Å². The average molecular weight is 184 g/mol. The third-order valence-corrected chi connectivity index (χ3v) is 2.06. The van der Waals surface area contributed by atoms with Crippen molar-refractivity contribution in [2.24, 2.45) is 0 Å². The SMILES string of the molecule is CCc1ccc(CC(F)CF)cc1. The summed E-state index contributed by atoms with van der Waals surface area (Å²) in [5, 5.41) is 0. The van der Waals surface area contributed by atoms with Gasteiger partial charge in [-0.1, -0.05) is 31.2 Å². The van der Waals surface area contributed by atoms with Gasteiger partial charge in [0.25, 0.3) is 0 Å². The Balaban J connectivity index is 2.58. The average Bonchev–Trinajstić information content (AvgIpc) is 2.19. The van der Waals surface area contributed by atoms with Gasteiger partial charge < -0.3 is 0 Å². The first-order valence-corrected chi connectivity index (χ1v) is 4.54. The zero-order valence-corrected chi connectivity index (χ0v) is 7.76. The lowest BCUT2D eigenvalue weighted by Crippen LogP contribution is -2.06. The zero-order chi connectivity index (χ0) is 9.68. The number of rotatable bonds is 4. The first-order valence-electron chi connectivity index (χ1n) is 4.54. The van der Waals surface area contributed by atoms with Crippen LogP contribution in [0.5, 0.6) is 0 Å². The van der Waals surface area contributed by atoms with Crippen LogP contribution in [0.2, 0.25) is 0 Å². The molecular weight excluding hydrogens is 170 g/mol. The van der Waals surface area contributed by atoms with Crippen LogP contribution in [0.1, 0.15) is 18.1 Å². The van der Waals surface area contributed by atoms with Crippen LogP contribution in [0.25, 0.3) is 0 Å². The Kier molecular flexibility index (Phi) is 3.87. The summed E-state index contributed by atoms with van der Waals surface area (Å²) in [5.41, 5.74) is 2.08. The zero-order valence-electron chi connectivity index (χ0n) is 7.76. The Morgan fingerprint density at radius 1 is 1.15 bits per heavy atom. The predicted molar refractivity (Wildman–Crippen MR) is 50.4 cm³/mol. The van der Waals surface area contributed by atoms with E-state index in [1.54, 1.807) is 0 Å². The second-order valence-corrected chi connectivity index (χ2v) is 3.13. The van der Waals surface area contributed by atoms with Crippen LogP contribution in [0, 0.1) is 0 Å². The Morgan fingerprint density at radius 3 is 2.15 bits per heavy atom. The molecule has 0 nitrogen and oxygen atoms in total. The minimum Gasteiger partial charge on any atom is -0.248 e. The van der Waals surface area contributed by atoms with Gasteiger partial charge in [-0.05, 0) is 17.5 Å². The molecule has 0 radical (unpaired) electrons. The lowest BCUT2D eigenvalue weighted by atomic mass is 10.1. The highest BCUT2D eigenvalue weighted by atomic mass is 19.2. The summed E-state index contributed by atoms with van der Waals surface area (Å²) in [6, 6.07) is 7.64. The molecular formula is C11H14F2. The molecule has 2 heteroatoms. The van der Waals surface area contributed by atoms with Crippen molar-refractivity contribution in [3.8, 4) is 0 Å². The molecule has 0 fully saturated rings. The first kappa shape index (κ1) is 10.2. The fourth-order valence-electron chi connectivity index (χ4n) is 1.22. The number of benzene rings is 1. The molecule has 72 valence electrons. The summed E-state index contributed by atoms with van der Waals surface area (Å²) in [5.74, 6) is 0. The van der Waals surface area contributed by atoms with E-state index in [1.807, 2.05) is 24.3 Å². The van der Waals surface area contributed by atoms with Crippen molar-refractivity contribution in [3.63, 3.8) is 0 Å². The maximum absolute atomic E-state index is 12.6. The van der Waals surface area contributed by atoms with E-state index in [0.717, 1.165) is 12.0 Å². The summed E-state index contributed by atoms with van der Waals surface area (Å²) in [7, 11) is 0. The van der Waals surface area contributed by atoms with Crippen LogP contribution in [-0.4, -0.2) is 12.8 Å². The molecule has 0 saturated carbocycles. The van der Waals surface area contributed by atoms with Crippen molar-refractivity contribution in [1.29, 1.82) is 0 Å². The lowest BCUT2D eigenvalue weighted by Gasteiger charge is -2.04. The Bertz CT molecular complexity index is 241. The van der Waals surface area contributed by atoms with E-state index in [4.69, 9.17) is 0 Å². The molecule has 0 amide bonds. The van der Waals surface area contributed by atoms with Gasteiger partial charge in [0.05, 0.1) is 0 Å². The first-order chi connectivity index (χ1) is 6.26. The molecule has 13 heavy (non-hydrogen) atoms. The summed E-state index contributed by atoms with van der Waals surface area (Å²) in [6.45, 7) is 1.17. The van der Waals surface area contributed by atoms with Gasteiger partial charge in [0.1, 0.15) is 12.8 Å². The van der Waals surface area contributed by atoms with Crippen molar-refractivity contribution >= 4 is 0 Å². The van der Waals surface area contributed by atoms with Crippen LogP contribution in [0.3, 0.4) is 0 Å². The minimum atomic E-state index is -1.35. The maximum atomic E-state index is 12.6. The largest absolute Gasteiger partial charge is 0.248 e. The molecule has 1 unspecified atom stereocenters.